The van der Waals surface area contributed by atoms with Crippen molar-refractivity contribution in [2.45, 2.75) is 19.4 Å². The van der Waals surface area contributed by atoms with E-state index in [0.717, 1.165) is 29.3 Å². The van der Waals surface area contributed by atoms with Gasteiger partial charge in [-0.15, -0.1) is 0 Å². The minimum atomic E-state index is 0.203. The molecule has 0 aliphatic carbocycles. The molecule has 0 bridgehead atoms. The Balaban J connectivity index is 1.97. The van der Waals surface area contributed by atoms with Crippen molar-refractivity contribution in [1.29, 1.82) is 0 Å². The molecule has 0 aliphatic heterocycles. The number of rotatable bonds is 7. The predicted molar refractivity (Wildman–Crippen MR) is 89.6 cm³/mol. The topological polar surface area (TPSA) is 21.3 Å². The van der Waals surface area contributed by atoms with Crippen molar-refractivity contribution >= 4 is 23.2 Å². The number of ether oxygens (including phenoxy) is 1. The fraction of sp³-hybridized carbons (Fsp3) is 0.294. The van der Waals surface area contributed by atoms with Crippen LogP contribution in [0.2, 0.25) is 10.0 Å². The Morgan fingerprint density at radius 1 is 1.10 bits per heavy atom. The summed E-state index contributed by atoms with van der Waals surface area (Å²) in [4.78, 5) is 0. The van der Waals surface area contributed by atoms with Crippen LogP contribution < -0.4 is 10.1 Å². The minimum Gasteiger partial charge on any atom is -0.492 e. The van der Waals surface area contributed by atoms with Crippen LogP contribution in [-0.4, -0.2) is 19.2 Å². The molecule has 0 saturated carbocycles. The van der Waals surface area contributed by atoms with Crippen LogP contribution in [-0.2, 0) is 6.42 Å². The number of nitrogens with one attached hydrogen (secondary N) is 1. The third-order valence-electron chi connectivity index (χ3n) is 3.16. The van der Waals surface area contributed by atoms with E-state index in [2.05, 4.69) is 12.2 Å². The second kappa shape index (κ2) is 8.28. The van der Waals surface area contributed by atoms with Gasteiger partial charge in [-0.25, -0.2) is 0 Å². The number of likely N-dealkylation sites (N-methyl/N-ethyl adjacent to an activating group) is 1. The highest BCUT2D eigenvalue weighted by atomic mass is 35.5. The van der Waals surface area contributed by atoms with Gasteiger partial charge in [-0.3, -0.25) is 0 Å². The molecule has 0 radical (unpaired) electrons. The van der Waals surface area contributed by atoms with Crippen LogP contribution in [0.1, 0.15) is 12.5 Å². The van der Waals surface area contributed by atoms with E-state index in [1.165, 1.54) is 0 Å². The third-order valence-corrected chi connectivity index (χ3v) is 3.77. The highest BCUT2D eigenvalue weighted by Crippen LogP contribution is 2.19. The molecule has 2 nitrogen and oxygen atoms in total. The summed E-state index contributed by atoms with van der Waals surface area (Å²) >= 11 is 12.2. The molecule has 21 heavy (non-hydrogen) atoms. The van der Waals surface area contributed by atoms with Crippen LogP contribution in [0.5, 0.6) is 5.75 Å². The van der Waals surface area contributed by atoms with Crippen molar-refractivity contribution in [3.63, 3.8) is 0 Å². The smallest absolute Gasteiger partial charge is 0.120 e. The fourth-order valence-electron chi connectivity index (χ4n) is 2.16. The number of halogens is 2. The molecule has 0 heterocycles. The van der Waals surface area contributed by atoms with E-state index in [9.17, 15) is 0 Å². The molecule has 2 aromatic rings. The Morgan fingerprint density at radius 2 is 1.90 bits per heavy atom. The van der Waals surface area contributed by atoms with Crippen molar-refractivity contribution in [3.05, 3.63) is 64.1 Å². The standard InChI is InChI=1S/C17H19Cl2NO/c1-2-20-15(10-13-6-3-4-9-17(13)19)12-21-16-8-5-7-14(18)11-16/h3-9,11,15,20H,2,10,12H2,1H3. The van der Waals surface area contributed by atoms with Crippen molar-refractivity contribution in [1.82, 2.24) is 5.32 Å². The molecule has 0 fully saturated rings. The van der Waals surface area contributed by atoms with Gasteiger partial charge in [0.2, 0.25) is 0 Å². The first-order chi connectivity index (χ1) is 10.2. The summed E-state index contributed by atoms with van der Waals surface area (Å²) in [6.45, 7) is 3.53. The molecule has 0 saturated heterocycles. The molecule has 112 valence electrons. The Bertz CT molecular complexity index is 574. The predicted octanol–water partition coefficient (Wildman–Crippen LogP) is 4.59. The molecule has 0 spiro atoms. The highest BCUT2D eigenvalue weighted by Gasteiger charge is 2.11. The number of hydrogen-bond acceptors (Lipinski definition) is 2. The number of benzene rings is 2. The fourth-order valence-corrected chi connectivity index (χ4v) is 2.55. The maximum absolute atomic E-state index is 6.22. The molecule has 1 atom stereocenters. The third kappa shape index (κ3) is 5.24. The first-order valence-corrected chi connectivity index (χ1v) is 7.79. The van der Waals surface area contributed by atoms with Crippen molar-refractivity contribution < 1.29 is 4.74 Å². The zero-order chi connectivity index (χ0) is 15.1. The van der Waals surface area contributed by atoms with E-state index < -0.39 is 0 Å². The van der Waals surface area contributed by atoms with Crippen LogP contribution in [0.15, 0.2) is 48.5 Å². The second-order valence-electron chi connectivity index (χ2n) is 4.82. The normalized spacial score (nSPS) is 12.1. The molecular formula is C17H19Cl2NO. The van der Waals surface area contributed by atoms with Crippen molar-refractivity contribution in [2.24, 2.45) is 0 Å². The minimum absolute atomic E-state index is 0.203. The Hall–Kier alpha value is -1.22. The summed E-state index contributed by atoms with van der Waals surface area (Å²) < 4.78 is 5.82. The van der Waals surface area contributed by atoms with Crippen molar-refractivity contribution in [2.75, 3.05) is 13.2 Å². The van der Waals surface area contributed by atoms with Crippen LogP contribution in [0, 0.1) is 0 Å². The average molecular weight is 324 g/mol. The van der Waals surface area contributed by atoms with Gasteiger partial charge in [-0.05, 0) is 42.8 Å². The molecule has 2 rings (SSSR count). The van der Waals surface area contributed by atoms with E-state index in [4.69, 9.17) is 27.9 Å². The lowest BCUT2D eigenvalue weighted by Crippen LogP contribution is -2.36. The van der Waals surface area contributed by atoms with E-state index in [-0.39, 0.29) is 6.04 Å². The summed E-state index contributed by atoms with van der Waals surface area (Å²) in [5, 5.41) is 4.90. The van der Waals surface area contributed by atoms with Gasteiger partial charge >= 0.3 is 0 Å². The first-order valence-electron chi connectivity index (χ1n) is 7.04. The molecule has 0 aromatic heterocycles. The van der Waals surface area contributed by atoms with Gasteiger partial charge in [0.05, 0.1) is 0 Å². The monoisotopic (exact) mass is 323 g/mol. The molecular weight excluding hydrogens is 305 g/mol. The van der Waals surface area contributed by atoms with Gasteiger partial charge in [0.15, 0.2) is 0 Å². The zero-order valence-electron chi connectivity index (χ0n) is 12.0. The number of hydrogen-bond donors (Lipinski definition) is 1. The summed E-state index contributed by atoms with van der Waals surface area (Å²) in [6, 6.07) is 15.6. The van der Waals surface area contributed by atoms with Gasteiger partial charge in [0, 0.05) is 16.1 Å². The van der Waals surface area contributed by atoms with E-state index in [1.807, 2.05) is 48.5 Å². The van der Waals surface area contributed by atoms with Crippen LogP contribution >= 0.6 is 23.2 Å². The second-order valence-corrected chi connectivity index (χ2v) is 5.66. The van der Waals surface area contributed by atoms with Crippen LogP contribution in [0.4, 0.5) is 0 Å². The maximum Gasteiger partial charge on any atom is 0.120 e. The molecule has 0 aliphatic rings. The van der Waals surface area contributed by atoms with E-state index >= 15 is 0 Å². The maximum atomic E-state index is 6.22. The lowest BCUT2D eigenvalue weighted by molar-refractivity contribution is 0.265. The van der Waals surface area contributed by atoms with Gasteiger partial charge in [0.25, 0.3) is 0 Å². The molecule has 1 N–H and O–H groups in total. The quantitative estimate of drug-likeness (QED) is 0.804. The van der Waals surface area contributed by atoms with Gasteiger partial charge in [0.1, 0.15) is 12.4 Å². The Kier molecular flexibility index (Phi) is 6.37. The molecule has 4 heteroatoms. The van der Waals surface area contributed by atoms with Crippen LogP contribution in [0.25, 0.3) is 0 Å². The molecule has 1 unspecified atom stereocenters. The van der Waals surface area contributed by atoms with Gasteiger partial charge in [-0.1, -0.05) is 54.4 Å². The first kappa shape index (κ1) is 16.2. The summed E-state index contributed by atoms with van der Waals surface area (Å²) in [5.41, 5.74) is 1.12. The summed E-state index contributed by atoms with van der Waals surface area (Å²) in [6.07, 6.45) is 0.827. The van der Waals surface area contributed by atoms with Gasteiger partial charge in [-0.2, -0.15) is 0 Å². The molecule has 2 aromatic carbocycles. The lowest BCUT2D eigenvalue weighted by atomic mass is 10.1. The molecule has 0 amide bonds. The highest BCUT2D eigenvalue weighted by molar-refractivity contribution is 6.31. The summed E-state index contributed by atoms with van der Waals surface area (Å²) in [7, 11) is 0. The van der Waals surface area contributed by atoms with E-state index in [0.29, 0.717) is 11.6 Å². The SMILES string of the molecule is CCNC(COc1cccc(Cl)c1)Cc1ccccc1Cl. The lowest BCUT2D eigenvalue weighted by Gasteiger charge is -2.19. The Labute approximate surface area is 136 Å². The Morgan fingerprint density at radius 3 is 2.62 bits per heavy atom. The largest absolute Gasteiger partial charge is 0.492 e. The van der Waals surface area contributed by atoms with E-state index in [1.54, 1.807) is 0 Å². The summed E-state index contributed by atoms with van der Waals surface area (Å²) in [5.74, 6) is 0.782. The zero-order valence-corrected chi connectivity index (χ0v) is 13.5. The average Bonchev–Trinajstić information content (AvgIpc) is 2.47. The van der Waals surface area contributed by atoms with Gasteiger partial charge < -0.3 is 10.1 Å². The van der Waals surface area contributed by atoms with Crippen molar-refractivity contribution in [3.8, 4) is 5.75 Å². The van der Waals surface area contributed by atoms with Crippen LogP contribution in [0.3, 0.4) is 0 Å².